The van der Waals surface area contributed by atoms with E-state index in [1.165, 1.54) is 6.08 Å². The lowest BCUT2D eigenvalue weighted by atomic mass is 10.1. The molecule has 154 valence electrons. The maximum Gasteiger partial charge on any atom is 0.255 e. The first-order valence-electron chi connectivity index (χ1n) is 9.30. The second-order valence-corrected chi connectivity index (χ2v) is 8.58. The van der Waals surface area contributed by atoms with Gasteiger partial charge in [0.1, 0.15) is 0 Å². The van der Waals surface area contributed by atoms with Gasteiger partial charge in [-0.05, 0) is 60.0 Å². The molecule has 1 amide bonds. The molecule has 0 unspecified atom stereocenters. The first kappa shape index (κ1) is 21.6. The predicted octanol–water partition coefficient (Wildman–Crippen LogP) is 4.73. The zero-order chi connectivity index (χ0) is 21.4. The minimum Gasteiger partial charge on any atom is -0.352 e. The summed E-state index contributed by atoms with van der Waals surface area (Å²) in [7, 11) is -3.66. The second kappa shape index (κ2) is 10.1. The highest BCUT2D eigenvalue weighted by Gasteiger charge is 2.08. The van der Waals surface area contributed by atoms with Crippen molar-refractivity contribution in [1.82, 2.24) is 5.32 Å². The number of carbonyl (C=O) groups is 1. The van der Waals surface area contributed by atoms with Crippen molar-refractivity contribution >= 4 is 39.3 Å². The maximum atomic E-state index is 12.3. The third kappa shape index (κ3) is 6.76. The molecule has 0 aliphatic heterocycles. The number of hydrogen-bond acceptors (Lipinski definition) is 3. The largest absolute Gasteiger partial charge is 0.352 e. The zero-order valence-corrected chi connectivity index (χ0v) is 17.7. The van der Waals surface area contributed by atoms with Crippen LogP contribution in [0.4, 0.5) is 5.69 Å². The van der Waals surface area contributed by atoms with E-state index in [0.29, 0.717) is 29.2 Å². The van der Waals surface area contributed by atoms with Crippen molar-refractivity contribution in [3.05, 3.63) is 106 Å². The van der Waals surface area contributed by atoms with Gasteiger partial charge in [0.2, 0.25) is 0 Å². The highest BCUT2D eigenvalue weighted by atomic mass is 35.5. The molecule has 3 aromatic rings. The minimum absolute atomic E-state index is 0.226. The Labute approximate surface area is 181 Å². The number of nitrogens with one attached hydrogen (secondary N) is 2. The van der Waals surface area contributed by atoms with Crippen molar-refractivity contribution in [3.8, 4) is 0 Å². The second-order valence-electron chi connectivity index (χ2n) is 6.57. The standard InChI is InChI=1S/C23H21ClN2O3S/c24-21-8-4-7-19(17-21)13-15-25-23(27)20-9-11-22(12-10-20)26-30(28,29)16-14-18-5-2-1-3-6-18/h1-12,14,16-17,26H,13,15H2,(H,25,27)/b16-14+. The molecule has 0 spiro atoms. The van der Waals surface area contributed by atoms with Crippen LogP contribution in [0.3, 0.4) is 0 Å². The van der Waals surface area contributed by atoms with E-state index >= 15 is 0 Å². The van der Waals surface area contributed by atoms with Crippen molar-refractivity contribution in [2.45, 2.75) is 6.42 Å². The molecule has 2 N–H and O–H groups in total. The molecule has 0 saturated heterocycles. The van der Waals surface area contributed by atoms with Gasteiger partial charge in [0.25, 0.3) is 15.9 Å². The number of carbonyl (C=O) groups excluding carboxylic acids is 1. The Bertz CT molecular complexity index is 1130. The molecule has 3 aromatic carbocycles. The molecule has 7 heteroatoms. The molecule has 5 nitrogen and oxygen atoms in total. The quantitative estimate of drug-likeness (QED) is 0.532. The molecule has 0 heterocycles. The molecule has 3 rings (SSSR count). The Morgan fingerprint density at radius 1 is 0.933 bits per heavy atom. The summed E-state index contributed by atoms with van der Waals surface area (Å²) < 4.78 is 26.9. The van der Waals surface area contributed by atoms with Crippen LogP contribution in [0.2, 0.25) is 5.02 Å². The lowest BCUT2D eigenvalue weighted by molar-refractivity contribution is 0.0954. The number of sulfonamides is 1. The molecular formula is C23H21ClN2O3S. The molecule has 30 heavy (non-hydrogen) atoms. The van der Waals surface area contributed by atoms with Gasteiger partial charge in [-0.15, -0.1) is 0 Å². The molecule has 0 radical (unpaired) electrons. The van der Waals surface area contributed by atoms with Gasteiger partial charge in [0.05, 0.1) is 5.41 Å². The highest BCUT2D eigenvalue weighted by Crippen LogP contribution is 2.14. The Kier molecular flexibility index (Phi) is 7.27. The summed E-state index contributed by atoms with van der Waals surface area (Å²) in [6.07, 6.45) is 2.18. The molecule has 0 bridgehead atoms. The third-order valence-electron chi connectivity index (χ3n) is 4.23. The number of benzene rings is 3. The van der Waals surface area contributed by atoms with Gasteiger partial charge in [0.15, 0.2) is 0 Å². The number of anilines is 1. The lowest BCUT2D eigenvalue weighted by Gasteiger charge is -2.08. The van der Waals surface area contributed by atoms with Crippen molar-refractivity contribution in [3.63, 3.8) is 0 Å². The summed E-state index contributed by atoms with van der Waals surface area (Å²) in [4.78, 5) is 12.3. The van der Waals surface area contributed by atoms with E-state index in [2.05, 4.69) is 10.0 Å². The fraction of sp³-hybridized carbons (Fsp3) is 0.0870. The van der Waals surface area contributed by atoms with Crippen LogP contribution in [0.1, 0.15) is 21.5 Å². The molecule has 0 saturated carbocycles. The van der Waals surface area contributed by atoms with Gasteiger partial charge in [-0.1, -0.05) is 54.1 Å². The van der Waals surface area contributed by atoms with E-state index in [1.807, 2.05) is 48.5 Å². The van der Waals surface area contributed by atoms with Gasteiger partial charge in [-0.3, -0.25) is 9.52 Å². The Hall–Kier alpha value is -3.09. The van der Waals surface area contributed by atoms with Crippen molar-refractivity contribution < 1.29 is 13.2 Å². The maximum absolute atomic E-state index is 12.3. The van der Waals surface area contributed by atoms with Crippen LogP contribution in [-0.2, 0) is 16.4 Å². The van der Waals surface area contributed by atoms with E-state index < -0.39 is 10.0 Å². The van der Waals surface area contributed by atoms with Crippen LogP contribution >= 0.6 is 11.6 Å². The van der Waals surface area contributed by atoms with Crippen LogP contribution < -0.4 is 10.0 Å². The third-order valence-corrected chi connectivity index (χ3v) is 5.48. The van der Waals surface area contributed by atoms with Gasteiger partial charge in [-0.2, -0.15) is 0 Å². The molecule has 0 aliphatic rings. The molecule has 0 atom stereocenters. The Morgan fingerprint density at radius 2 is 1.67 bits per heavy atom. The van der Waals surface area contributed by atoms with E-state index in [0.717, 1.165) is 16.5 Å². The van der Waals surface area contributed by atoms with Crippen LogP contribution in [0.5, 0.6) is 0 Å². The van der Waals surface area contributed by atoms with Crippen molar-refractivity contribution in [2.24, 2.45) is 0 Å². The van der Waals surface area contributed by atoms with Crippen LogP contribution in [0.15, 0.2) is 84.3 Å². The summed E-state index contributed by atoms with van der Waals surface area (Å²) in [5.74, 6) is -0.226. The molecular weight excluding hydrogens is 420 g/mol. The summed E-state index contributed by atoms with van der Waals surface area (Å²) in [5.41, 5.74) is 2.65. The monoisotopic (exact) mass is 440 g/mol. The smallest absolute Gasteiger partial charge is 0.255 e. The van der Waals surface area contributed by atoms with E-state index in [-0.39, 0.29) is 5.91 Å². The van der Waals surface area contributed by atoms with Gasteiger partial charge >= 0.3 is 0 Å². The molecule has 0 aromatic heterocycles. The SMILES string of the molecule is O=C(NCCc1cccc(Cl)c1)c1ccc(NS(=O)(=O)/C=C/c2ccccc2)cc1. The van der Waals surface area contributed by atoms with Gasteiger partial charge in [-0.25, -0.2) is 8.42 Å². The average molecular weight is 441 g/mol. The van der Waals surface area contributed by atoms with Crippen molar-refractivity contribution in [1.29, 1.82) is 0 Å². The summed E-state index contributed by atoms with van der Waals surface area (Å²) >= 11 is 5.95. The summed E-state index contributed by atoms with van der Waals surface area (Å²) in [5, 5.41) is 4.61. The lowest BCUT2D eigenvalue weighted by Crippen LogP contribution is -2.25. The van der Waals surface area contributed by atoms with E-state index in [1.54, 1.807) is 30.3 Å². The van der Waals surface area contributed by atoms with Crippen molar-refractivity contribution in [2.75, 3.05) is 11.3 Å². The fourth-order valence-corrected chi connectivity index (χ4v) is 3.82. The summed E-state index contributed by atoms with van der Waals surface area (Å²) in [6.45, 7) is 0.470. The normalized spacial score (nSPS) is 11.4. The Morgan fingerprint density at radius 3 is 2.37 bits per heavy atom. The first-order chi connectivity index (χ1) is 14.4. The van der Waals surface area contributed by atoms with Crippen LogP contribution in [0.25, 0.3) is 6.08 Å². The van der Waals surface area contributed by atoms with Crippen LogP contribution in [0, 0.1) is 0 Å². The van der Waals surface area contributed by atoms with Gasteiger partial charge in [0, 0.05) is 22.8 Å². The topological polar surface area (TPSA) is 75.3 Å². The first-order valence-corrected chi connectivity index (χ1v) is 11.2. The zero-order valence-electron chi connectivity index (χ0n) is 16.1. The predicted molar refractivity (Wildman–Crippen MR) is 122 cm³/mol. The number of halogens is 1. The molecule has 0 aliphatic carbocycles. The Balaban J connectivity index is 1.53. The van der Waals surface area contributed by atoms with Crippen LogP contribution in [-0.4, -0.2) is 20.9 Å². The minimum atomic E-state index is -3.66. The van der Waals surface area contributed by atoms with E-state index in [4.69, 9.17) is 11.6 Å². The highest BCUT2D eigenvalue weighted by molar-refractivity contribution is 7.95. The molecule has 0 fully saturated rings. The van der Waals surface area contributed by atoms with Gasteiger partial charge < -0.3 is 5.32 Å². The number of rotatable bonds is 8. The fourth-order valence-electron chi connectivity index (χ4n) is 2.74. The summed E-state index contributed by atoms with van der Waals surface area (Å²) in [6, 6.07) is 22.9. The average Bonchev–Trinajstić information content (AvgIpc) is 2.73. The number of amides is 1. The van der Waals surface area contributed by atoms with E-state index in [9.17, 15) is 13.2 Å². The number of hydrogen-bond donors (Lipinski definition) is 2.